The Bertz CT molecular complexity index is 452. The van der Waals surface area contributed by atoms with Gasteiger partial charge < -0.3 is 4.74 Å². The van der Waals surface area contributed by atoms with Gasteiger partial charge in [-0.1, -0.05) is 6.92 Å². The molecule has 0 bridgehead atoms. The number of aryl methyl sites for hydroxylation is 2. The molecule has 1 saturated heterocycles. The number of hydrogen-bond acceptors (Lipinski definition) is 3. The van der Waals surface area contributed by atoms with Crippen LogP contribution in [0.4, 0.5) is 0 Å². The van der Waals surface area contributed by atoms with Crippen LogP contribution in [0.2, 0.25) is 0 Å². The van der Waals surface area contributed by atoms with Crippen molar-refractivity contribution < 1.29 is 4.74 Å². The molecule has 4 nitrogen and oxygen atoms in total. The first-order valence-corrected chi connectivity index (χ1v) is 8.59. The van der Waals surface area contributed by atoms with Crippen molar-refractivity contribution in [1.29, 1.82) is 0 Å². The number of alkyl halides is 1. The smallest absolute Gasteiger partial charge is 0.0841 e. The molecule has 2 unspecified atom stereocenters. The van der Waals surface area contributed by atoms with Crippen molar-refractivity contribution in [3.05, 3.63) is 15.9 Å². The van der Waals surface area contributed by atoms with Crippen molar-refractivity contribution in [2.45, 2.75) is 52.5 Å². The first kappa shape index (κ1) is 16.3. The van der Waals surface area contributed by atoms with E-state index in [0.717, 1.165) is 42.8 Å². The van der Waals surface area contributed by atoms with Crippen molar-refractivity contribution in [2.24, 2.45) is 0 Å². The van der Waals surface area contributed by atoms with E-state index in [1.807, 2.05) is 0 Å². The highest BCUT2D eigenvalue weighted by Gasteiger charge is 2.26. The van der Waals surface area contributed by atoms with E-state index in [1.54, 1.807) is 0 Å². The average Bonchev–Trinajstić information content (AvgIpc) is 2.74. The minimum absolute atomic E-state index is 0.128. The second-order valence-electron chi connectivity index (χ2n) is 5.29. The maximum absolute atomic E-state index is 5.95. The van der Waals surface area contributed by atoms with Crippen LogP contribution >= 0.6 is 27.5 Å². The lowest BCUT2D eigenvalue weighted by atomic mass is 10.2. The van der Waals surface area contributed by atoms with Gasteiger partial charge in [0.1, 0.15) is 0 Å². The van der Waals surface area contributed by atoms with Crippen molar-refractivity contribution in [3.63, 3.8) is 0 Å². The molecule has 1 aliphatic rings. The lowest BCUT2D eigenvalue weighted by Crippen LogP contribution is -2.47. The summed E-state index contributed by atoms with van der Waals surface area (Å²) in [5.74, 6) is 0.551. The molecule has 6 heteroatoms. The summed E-state index contributed by atoms with van der Waals surface area (Å²) in [6.07, 6.45) is 1.31. The summed E-state index contributed by atoms with van der Waals surface area (Å²) in [4.78, 5) is 2.41. The Morgan fingerprint density at radius 1 is 1.40 bits per heavy atom. The first-order chi connectivity index (χ1) is 9.58. The third-order valence-electron chi connectivity index (χ3n) is 3.64. The molecule has 1 aromatic heterocycles. The van der Waals surface area contributed by atoms with Gasteiger partial charge in [-0.25, -0.2) is 0 Å². The van der Waals surface area contributed by atoms with Gasteiger partial charge in [-0.3, -0.25) is 9.58 Å². The Balaban J connectivity index is 2.14. The fourth-order valence-electron chi connectivity index (χ4n) is 2.74. The van der Waals surface area contributed by atoms with Crippen LogP contribution < -0.4 is 0 Å². The summed E-state index contributed by atoms with van der Waals surface area (Å²) >= 11 is 9.66. The van der Waals surface area contributed by atoms with E-state index in [4.69, 9.17) is 16.3 Å². The van der Waals surface area contributed by atoms with Gasteiger partial charge in [0.25, 0.3) is 0 Å². The number of aromatic nitrogens is 2. The Hall–Kier alpha value is -0.100. The van der Waals surface area contributed by atoms with Gasteiger partial charge in [0, 0.05) is 32.1 Å². The van der Waals surface area contributed by atoms with Crippen LogP contribution in [0.15, 0.2) is 4.47 Å². The summed E-state index contributed by atoms with van der Waals surface area (Å²) in [5, 5.41) is 4.66. The maximum atomic E-state index is 5.95. The lowest BCUT2D eigenvalue weighted by Gasteiger charge is -2.36. The number of halogens is 2. The summed E-state index contributed by atoms with van der Waals surface area (Å²) < 4.78 is 9.06. The minimum atomic E-state index is 0.128. The largest absolute Gasteiger partial charge is 0.371 e. The molecule has 1 aliphatic heterocycles. The van der Waals surface area contributed by atoms with Crippen molar-refractivity contribution >= 4 is 27.5 Å². The van der Waals surface area contributed by atoms with E-state index < -0.39 is 0 Å². The fraction of sp³-hybridized carbons (Fsp3) is 0.786. The second kappa shape index (κ2) is 7.25. The third kappa shape index (κ3) is 3.56. The van der Waals surface area contributed by atoms with E-state index in [0.29, 0.717) is 5.88 Å². The maximum Gasteiger partial charge on any atom is 0.0841 e. The van der Waals surface area contributed by atoms with Crippen LogP contribution in [0.3, 0.4) is 0 Å². The van der Waals surface area contributed by atoms with Crippen molar-refractivity contribution in [2.75, 3.05) is 19.0 Å². The van der Waals surface area contributed by atoms with Crippen LogP contribution in [0, 0.1) is 0 Å². The highest BCUT2D eigenvalue weighted by molar-refractivity contribution is 9.10. The van der Waals surface area contributed by atoms with Crippen LogP contribution in [0.5, 0.6) is 0 Å². The van der Waals surface area contributed by atoms with Gasteiger partial charge in [0.2, 0.25) is 0 Å². The topological polar surface area (TPSA) is 30.3 Å². The van der Waals surface area contributed by atoms with Crippen LogP contribution in [0.1, 0.15) is 32.2 Å². The normalized spacial score (nSPS) is 24.2. The molecule has 2 heterocycles. The van der Waals surface area contributed by atoms with Gasteiger partial charge in [0.15, 0.2) is 0 Å². The molecular formula is C14H23BrClN3O. The molecule has 114 valence electrons. The van der Waals surface area contributed by atoms with Crippen LogP contribution in [-0.4, -0.2) is 45.9 Å². The molecule has 0 spiro atoms. The lowest BCUT2D eigenvalue weighted by molar-refractivity contribution is -0.0695. The number of rotatable bonds is 5. The van der Waals surface area contributed by atoms with E-state index in [1.165, 1.54) is 5.69 Å². The van der Waals surface area contributed by atoms with Gasteiger partial charge in [-0.2, -0.15) is 5.10 Å². The molecule has 0 aromatic carbocycles. The predicted molar refractivity (Wildman–Crippen MR) is 85.3 cm³/mol. The zero-order valence-electron chi connectivity index (χ0n) is 12.4. The zero-order valence-corrected chi connectivity index (χ0v) is 14.7. The van der Waals surface area contributed by atoms with Gasteiger partial charge in [-0.05, 0) is 36.2 Å². The Labute approximate surface area is 134 Å². The molecule has 2 rings (SSSR count). The molecule has 2 atom stereocenters. The number of hydrogen-bond donors (Lipinski definition) is 0. The second-order valence-corrected chi connectivity index (χ2v) is 6.40. The molecule has 1 aromatic rings. The molecule has 0 radical (unpaired) electrons. The van der Waals surface area contributed by atoms with E-state index >= 15 is 0 Å². The summed E-state index contributed by atoms with van der Waals surface area (Å²) in [5.41, 5.74) is 2.39. The Kier molecular flexibility index (Phi) is 5.90. The minimum Gasteiger partial charge on any atom is -0.371 e. The third-order valence-corrected chi connectivity index (χ3v) is 4.90. The summed E-state index contributed by atoms with van der Waals surface area (Å²) in [6, 6.07) is 0. The average molecular weight is 365 g/mol. The van der Waals surface area contributed by atoms with Crippen molar-refractivity contribution in [1.82, 2.24) is 14.7 Å². The molecule has 20 heavy (non-hydrogen) atoms. The van der Waals surface area contributed by atoms with Crippen molar-refractivity contribution in [3.8, 4) is 0 Å². The molecule has 0 amide bonds. The van der Waals surface area contributed by atoms with E-state index in [9.17, 15) is 0 Å². The summed E-state index contributed by atoms with van der Waals surface area (Å²) in [7, 11) is 0. The predicted octanol–water partition coefficient (Wildman–Crippen LogP) is 3.06. The van der Waals surface area contributed by atoms with Crippen LogP contribution in [0.25, 0.3) is 0 Å². The van der Waals surface area contributed by atoms with Gasteiger partial charge >= 0.3 is 0 Å². The number of nitrogens with zero attached hydrogens (tertiary/aromatic N) is 3. The molecule has 0 aliphatic carbocycles. The van der Waals surface area contributed by atoms with E-state index in [-0.39, 0.29) is 12.2 Å². The molecule has 1 fully saturated rings. The van der Waals surface area contributed by atoms with Crippen LogP contribution in [-0.2, 0) is 24.2 Å². The number of ether oxygens (including phenoxy) is 1. The van der Waals surface area contributed by atoms with Gasteiger partial charge in [0.05, 0.1) is 28.1 Å². The quantitative estimate of drug-likeness (QED) is 0.752. The zero-order chi connectivity index (χ0) is 14.7. The van der Waals surface area contributed by atoms with E-state index in [2.05, 4.69) is 51.4 Å². The molecule has 0 N–H and O–H groups in total. The highest BCUT2D eigenvalue weighted by Crippen LogP contribution is 2.25. The first-order valence-electron chi connectivity index (χ1n) is 7.26. The monoisotopic (exact) mass is 363 g/mol. The Morgan fingerprint density at radius 3 is 2.75 bits per heavy atom. The SMILES string of the molecule is CCc1nn(CC)c(CN2CC(C)OC(CCl)C2)c1Br. The highest BCUT2D eigenvalue weighted by atomic mass is 79.9. The summed E-state index contributed by atoms with van der Waals surface area (Å²) in [6.45, 7) is 9.99. The number of morpholine rings is 1. The molecular weight excluding hydrogens is 342 g/mol. The van der Waals surface area contributed by atoms with Gasteiger partial charge in [-0.15, -0.1) is 11.6 Å². The fourth-order valence-corrected chi connectivity index (χ4v) is 3.60. The Morgan fingerprint density at radius 2 is 2.15 bits per heavy atom. The molecule has 0 saturated carbocycles. The standard InChI is InChI=1S/C14H23BrClN3O/c1-4-12-14(15)13(19(5-2)17-12)9-18-7-10(3)20-11(6-16)8-18/h10-11H,4-9H2,1-3H3.